The summed E-state index contributed by atoms with van der Waals surface area (Å²) in [4.78, 5) is 14.3. The van der Waals surface area contributed by atoms with Crippen LogP contribution in [0.2, 0.25) is 0 Å². The van der Waals surface area contributed by atoms with Gasteiger partial charge in [-0.15, -0.1) is 0 Å². The fourth-order valence-corrected chi connectivity index (χ4v) is 4.12. The van der Waals surface area contributed by atoms with Crippen LogP contribution < -0.4 is 0 Å². The fourth-order valence-electron chi connectivity index (χ4n) is 2.64. The second-order valence-corrected chi connectivity index (χ2v) is 8.41. The maximum absolute atomic E-state index is 11.5. The lowest BCUT2D eigenvalue weighted by molar-refractivity contribution is 0.550. The first-order chi connectivity index (χ1) is 9.19. The van der Waals surface area contributed by atoms with Crippen LogP contribution in [0.3, 0.4) is 0 Å². The quantitative estimate of drug-likeness (QED) is 0.618. The highest BCUT2D eigenvalue weighted by Crippen LogP contribution is 2.49. The molecule has 0 saturated heterocycles. The van der Waals surface area contributed by atoms with Gasteiger partial charge >= 0.3 is 0 Å². The molecule has 2 rings (SSSR count). The van der Waals surface area contributed by atoms with E-state index in [2.05, 4.69) is 4.99 Å². The number of carbonyl (C=O) groups excluding carboxylic acids is 1. The molecule has 20 heavy (non-hydrogen) atoms. The van der Waals surface area contributed by atoms with Crippen molar-refractivity contribution in [2.45, 2.75) is 37.6 Å². The smallest absolute Gasteiger partial charge is 0.229 e. The molecule has 0 N–H and O–H groups in total. The second-order valence-electron chi connectivity index (χ2n) is 6.27. The number of rotatable bonds is 5. The van der Waals surface area contributed by atoms with Gasteiger partial charge in [0.25, 0.3) is 0 Å². The number of hydrogen-bond donors (Lipinski definition) is 0. The lowest BCUT2D eigenvalue weighted by atomic mass is 9.85. The zero-order valence-corrected chi connectivity index (χ0v) is 12.8. The van der Waals surface area contributed by atoms with E-state index in [1.54, 1.807) is 6.08 Å². The van der Waals surface area contributed by atoms with Gasteiger partial charge in [-0.3, -0.25) is 0 Å². The molecule has 1 fully saturated rings. The topological polar surface area (TPSA) is 63.6 Å². The molecule has 0 bridgehead atoms. The maximum Gasteiger partial charge on any atom is 0.235 e. The molecule has 0 aliphatic heterocycles. The van der Waals surface area contributed by atoms with Crippen molar-refractivity contribution in [1.29, 1.82) is 0 Å². The van der Waals surface area contributed by atoms with Crippen LogP contribution in [0.5, 0.6) is 0 Å². The number of nitrogens with zero attached hydrogens (tertiary/aromatic N) is 1. The van der Waals surface area contributed by atoms with Crippen molar-refractivity contribution in [2.75, 3.05) is 12.0 Å². The molecular weight excluding hydrogens is 274 g/mol. The van der Waals surface area contributed by atoms with Gasteiger partial charge in [-0.2, -0.15) is 4.99 Å². The molecule has 0 radical (unpaired) electrons. The lowest BCUT2D eigenvalue weighted by Crippen LogP contribution is -2.27. The second kappa shape index (κ2) is 4.83. The van der Waals surface area contributed by atoms with E-state index in [9.17, 15) is 13.2 Å². The van der Waals surface area contributed by atoms with Crippen molar-refractivity contribution in [1.82, 2.24) is 0 Å². The van der Waals surface area contributed by atoms with E-state index >= 15 is 0 Å². The molecule has 4 nitrogen and oxygen atoms in total. The Morgan fingerprint density at radius 3 is 2.20 bits per heavy atom. The average Bonchev–Trinajstić information content (AvgIpc) is 3.08. The Morgan fingerprint density at radius 2 is 1.80 bits per heavy atom. The normalized spacial score (nSPS) is 17.4. The molecule has 0 heterocycles. The molecule has 5 heteroatoms. The third-order valence-electron chi connectivity index (χ3n) is 3.81. The van der Waals surface area contributed by atoms with Gasteiger partial charge in [0.15, 0.2) is 0 Å². The van der Waals surface area contributed by atoms with Crippen molar-refractivity contribution in [3.05, 3.63) is 35.4 Å². The van der Waals surface area contributed by atoms with Crippen LogP contribution in [0.1, 0.15) is 37.8 Å². The van der Waals surface area contributed by atoms with Crippen LogP contribution in [-0.2, 0) is 25.6 Å². The lowest BCUT2D eigenvalue weighted by Gasteiger charge is -2.24. The average molecular weight is 293 g/mol. The summed E-state index contributed by atoms with van der Waals surface area (Å²) in [6, 6.07) is 7.74. The predicted octanol–water partition coefficient (Wildman–Crippen LogP) is 2.33. The zero-order chi connectivity index (χ0) is 15.0. The van der Waals surface area contributed by atoms with Crippen LogP contribution in [0.25, 0.3) is 0 Å². The highest BCUT2D eigenvalue weighted by Gasteiger charge is 2.44. The Balaban J connectivity index is 2.27. The molecule has 0 amide bonds. The van der Waals surface area contributed by atoms with Crippen molar-refractivity contribution < 1.29 is 13.2 Å². The highest BCUT2D eigenvalue weighted by atomic mass is 32.2. The molecule has 1 aromatic rings. The first kappa shape index (κ1) is 14.9. The number of sulfone groups is 1. The predicted molar refractivity (Wildman–Crippen MR) is 78.2 cm³/mol. The van der Waals surface area contributed by atoms with Crippen LogP contribution in [0.4, 0.5) is 0 Å². The van der Waals surface area contributed by atoms with Gasteiger partial charge in [0.05, 0.1) is 11.3 Å². The van der Waals surface area contributed by atoms with Crippen LogP contribution in [0.15, 0.2) is 29.3 Å². The Morgan fingerprint density at radius 1 is 1.25 bits per heavy atom. The van der Waals surface area contributed by atoms with Crippen molar-refractivity contribution >= 4 is 15.9 Å². The first-order valence-electron chi connectivity index (χ1n) is 6.56. The van der Waals surface area contributed by atoms with Crippen molar-refractivity contribution in [3.8, 4) is 0 Å². The summed E-state index contributed by atoms with van der Waals surface area (Å²) in [6.45, 7) is 3.83. The Labute approximate surface area is 119 Å². The summed E-state index contributed by atoms with van der Waals surface area (Å²) in [5, 5.41) is 0. The van der Waals surface area contributed by atoms with E-state index in [0.29, 0.717) is 0 Å². The third kappa shape index (κ3) is 3.17. The van der Waals surface area contributed by atoms with Gasteiger partial charge in [0, 0.05) is 11.7 Å². The van der Waals surface area contributed by atoms with Crippen molar-refractivity contribution in [2.24, 2.45) is 4.99 Å². The molecule has 0 atom stereocenters. The fraction of sp³-hybridized carbons (Fsp3) is 0.533. The van der Waals surface area contributed by atoms with E-state index in [0.717, 1.165) is 24.0 Å². The highest BCUT2D eigenvalue weighted by molar-refractivity contribution is 7.90. The third-order valence-corrected chi connectivity index (χ3v) is 5.06. The molecule has 1 aliphatic carbocycles. The minimum Gasteiger partial charge on any atom is -0.229 e. The SMILES string of the molecule is CC(C)(CS(C)(=O)=O)c1ccc(C2(N=C=O)CC2)cc1. The number of hydrogen-bond acceptors (Lipinski definition) is 4. The number of benzene rings is 1. The van der Waals surface area contributed by atoms with Crippen LogP contribution in [0, 0.1) is 0 Å². The summed E-state index contributed by atoms with van der Waals surface area (Å²) in [6.07, 6.45) is 4.63. The standard InChI is InChI=1S/C15H19NO3S/c1-14(2,10-20(3,18)19)12-4-6-13(7-5-12)15(8-9-15)16-11-17/h4-7H,8-10H2,1-3H3. The summed E-state index contributed by atoms with van der Waals surface area (Å²) < 4.78 is 23.0. The van der Waals surface area contributed by atoms with Gasteiger partial charge in [-0.25, -0.2) is 13.2 Å². The molecule has 0 unspecified atom stereocenters. The first-order valence-corrected chi connectivity index (χ1v) is 8.62. The molecule has 1 aromatic carbocycles. The van der Waals surface area contributed by atoms with Gasteiger partial charge < -0.3 is 0 Å². The van der Waals surface area contributed by atoms with E-state index in [-0.39, 0.29) is 11.3 Å². The van der Waals surface area contributed by atoms with Gasteiger partial charge in [-0.1, -0.05) is 38.1 Å². The number of isocyanates is 1. The Hall–Kier alpha value is -1.45. The largest absolute Gasteiger partial charge is 0.235 e. The Kier molecular flexibility index (Phi) is 3.61. The monoisotopic (exact) mass is 293 g/mol. The zero-order valence-electron chi connectivity index (χ0n) is 12.0. The summed E-state index contributed by atoms with van der Waals surface area (Å²) in [7, 11) is -3.03. The molecular formula is C15H19NO3S. The summed E-state index contributed by atoms with van der Waals surface area (Å²) >= 11 is 0. The number of aliphatic imine (C=N–C) groups is 1. The summed E-state index contributed by atoms with van der Waals surface area (Å²) in [5.74, 6) is 0.108. The van der Waals surface area contributed by atoms with E-state index < -0.39 is 15.3 Å². The van der Waals surface area contributed by atoms with Gasteiger partial charge in [-0.05, 0) is 24.0 Å². The van der Waals surface area contributed by atoms with Crippen LogP contribution >= 0.6 is 0 Å². The molecule has 1 aliphatic rings. The molecule has 108 valence electrons. The molecule has 0 aromatic heterocycles. The minimum absolute atomic E-state index is 0.108. The minimum atomic E-state index is -3.03. The Bertz CT molecular complexity index is 649. The van der Waals surface area contributed by atoms with Gasteiger partial charge in [0.2, 0.25) is 6.08 Å². The van der Waals surface area contributed by atoms with Crippen molar-refractivity contribution in [3.63, 3.8) is 0 Å². The van der Waals surface area contributed by atoms with E-state index in [4.69, 9.17) is 0 Å². The summed E-state index contributed by atoms with van der Waals surface area (Å²) in [5.41, 5.74) is 1.16. The van der Waals surface area contributed by atoms with Gasteiger partial charge in [0.1, 0.15) is 9.84 Å². The molecule has 0 spiro atoms. The van der Waals surface area contributed by atoms with E-state index in [1.807, 2.05) is 38.1 Å². The molecule has 1 saturated carbocycles. The van der Waals surface area contributed by atoms with E-state index in [1.165, 1.54) is 6.26 Å². The van der Waals surface area contributed by atoms with Crippen LogP contribution in [-0.4, -0.2) is 26.5 Å². The maximum atomic E-state index is 11.5.